The van der Waals surface area contributed by atoms with E-state index in [0.717, 1.165) is 18.4 Å². The number of sulfonamides is 1. The van der Waals surface area contributed by atoms with Crippen molar-refractivity contribution >= 4 is 21.6 Å². The van der Waals surface area contributed by atoms with Crippen LogP contribution in [0.4, 0.5) is 0 Å². The Morgan fingerprint density at radius 3 is 2.67 bits per heavy atom. The van der Waals surface area contributed by atoms with Crippen molar-refractivity contribution in [1.29, 1.82) is 0 Å². The van der Waals surface area contributed by atoms with E-state index in [4.69, 9.17) is 23.8 Å². The van der Waals surface area contributed by atoms with Crippen LogP contribution in [0.25, 0.3) is 0 Å². The third-order valence-corrected chi connectivity index (χ3v) is 5.85. The fraction of sp³-hybridized carbons (Fsp3) is 0.467. The van der Waals surface area contributed by atoms with Crippen molar-refractivity contribution in [2.45, 2.75) is 31.2 Å². The minimum Gasteiger partial charge on any atom is -0.326 e. The summed E-state index contributed by atoms with van der Waals surface area (Å²) in [6, 6.07) is 3.17. The average Bonchev–Trinajstić information content (AvgIpc) is 3.24. The Kier molecular flexibility index (Phi) is 4.95. The summed E-state index contributed by atoms with van der Waals surface area (Å²) in [7, 11) is -3.65. The minimum absolute atomic E-state index is 0.0722. The van der Waals surface area contributed by atoms with Crippen LogP contribution in [0.15, 0.2) is 17.0 Å². The van der Waals surface area contributed by atoms with Crippen molar-refractivity contribution in [2.75, 3.05) is 13.1 Å². The first-order valence-electron chi connectivity index (χ1n) is 6.82. The van der Waals surface area contributed by atoms with Crippen LogP contribution in [0.3, 0.4) is 0 Å². The van der Waals surface area contributed by atoms with Crippen LogP contribution in [0, 0.1) is 25.2 Å². The van der Waals surface area contributed by atoms with Crippen molar-refractivity contribution in [2.24, 2.45) is 11.7 Å². The summed E-state index contributed by atoms with van der Waals surface area (Å²) in [5, 5.41) is 0.367. The number of nitrogens with zero attached hydrogens (tertiary/aromatic N) is 1. The van der Waals surface area contributed by atoms with Gasteiger partial charge < -0.3 is 5.73 Å². The number of benzene rings is 1. The Hall–Kier alpha value is -1.06. The zero-order chi connectivity index (χ0) is 15.6. The van der Waals surface area contributed by atoms with Gasteiger partial charge in [0.1, 0.15) is 0 Å². The van der Waals surface area contributed by atoms with Crippen molar-refractivity contribution in [3.05, 3.63) is 28.3 Å². The van der Waals surface area contributed by atoms with Gasteiger partial charge in [-0.3, -0.25) is 0 Å². The molecule has 114 valence electrons. The molecule has 1 aromatic carbocycles. The molecule has 1 aliphatic carbocycles. The van der Waals surface area contributed by atoms with E-state index in [1.165, 1.54) is 10.4 Å². The second-order valence-corrected chi connectivity index (χ2v) is 7.68. The van der Waals surface area contributed by atoms with Gasteiger partial charge >= 0.3 is 0 Å². The fourth-order valence-corrected chi connectivity index (χ4v) is 4.29. The van der Waals surface area contributed by atoms with Crippen LogP contribution in [-0.4, -0.2) is 25.8 Å². The molecule has 0 aliphatic heterocycles. The van der Waals surface area contributed by atoms with Gasteiger partial charge in [-0.05, 0) is 48.9 Å². The first-order valence-corrected chi connectivity index (χ1v) is 8.64. The molecule has 2 N–H and O–H groups in total. The SMILES string of the molecule is C#CCN(CC1CC1)S(=O)(=O)c1cc(Cl)cc(CN)c1C. The molecule has 0 radical (unpaired) electrons. The van der Waals surface area contributed by atoms with E-state index in [9.17, 15) is 8.42 Å². The Morgan fingerprint density at radius 2 is 2.14 bits per heavy atom. The van der Waals surface area contributed by atoms with Crippen LogP contribution in [0.1, 0.15) is 24.0 Å². The fourth-order valence-electron chi connectivity index (χ4n) is 2.27. The van der Waals surface area contributed by atoms with E-state index < -0.39 is 10.0 Å². The maximum absolute atomic E-state index is 12.9. The Bertz CT molecular complexity index is 676. The molecular weight excluding hydrogens is 308 g/mol. The van der Waals surface area contributed by atoms with Crippen molar-refractivity contribution in [3.8, 4) is 12.3 Å². The first kappa shape index (κ1) is 16.3. The summed E-state index contributed by atoms with van der Waals surface area (Å²) in [6.45, 7) is 2.53. The summed E-state index contributed by atoms with van der Waals surface area (Å²) >= 11 is 6.03. The van der Waals surface area contributed by atoms with Crippen LogP contribution in [0.5, 0.6) is 0 Å². The van der Waals surface area contributed by atoms with Gasteiger partial charge in [0.2, 0.25) is 10.0 Å². The lowest BCUT2D eigenvalue weighted by atomic mass is 10.1. The number of rotatable bonds is 6. The largest absolute Gasteiger partial charge is 0.326 e. The number of terminal acetylenes is 1. The van der Waals surface area contributed by atoms with Gasteiger partial charge in [0, 0.05) is 18.1 Å². The van der Waals surface area contributed by atoms with Crippen molar-refractivity contribution < 1.29 is 8.42 Å². The highest BCUT2D eigenvalue weighted by Gasteiger charge is 2.32. The molecule has 0 unspecified atom stereocenters. The standard InChI is InChI=1S/C15H19ClN2O2S/c1-3-6-18(10-12-4-5-12)21(19,20)15-8-14(16)7-13(9-17)11(15)2/h1,7-8,12H,4-6,9-10,17H2,2H3. The summed E-state index contributed by atoms with van der Waals surface area (Å²) in [5.74, 6) is 2.85. The molecule has 1 saturated carbocycles. The predicted octanol–water partition coefficient (Wildman–Crippen LogP) is 2.14. The molecular formula is C15H19ClN2O2S. The summed E-state index contributed by atoms with van der Waals surface area (Å²) in [5.41, 5.74) is 7.03. The Balaban J connectivity index is 2.46. The van der Waals surface area contributed by atoms with Crippen LogP contribution < -0.4 is 5.73 Å². The molecule has 1 aliphatic rings. The molecule has 0 bridgehead atoms. The van der Waals surface area contributed by atoms with Crippen molar-refractivity contribution in [1.82, 2.24) is 4.31 Å². The van der Waals surface area contributed by atoms with Crippen LogP contribution in [-0.2, 0) is 16.6 Å². The minimum atomic E-state index is -3.65. The number of hydrogen-bond acceptors (Lipinski definition) is 3. The maximum atomic E-state index is 12.9. The maximum Gasteiger partial charge on any atom is 0.244 e. The van der Waals surface area contributed by atoms with Crippen LogP contribution in [0.2, 0.25) is 5.02 Å². The Labute approximate surface area is 131 Å². The highest BCUT2D eigenvalue weighted by atomic mass is 35.5. The lowest BCUT2D eigenvalue weighted by molar-refractivity contribution is 0.429. The van der Waals surface area contributed by atoms with Crippen LogP contribution >= 0.6 is 11.6 Å². The zero-order valence-corrected chi connectivity index (χ0v) is 13.5. The molecule has 0 heterocycles. The summed E-state index contributed by atoms with van der Waals surface area (Å²) < 4.78 is 27.1. The second kappa shape index (κ2) is 6.37. The second-order valence-electron chi connectivity index (χ2n) is 5.34. The third-order valence-electron chi connectivity index (χ3n) is 3.70. The van der Waals surface area contributed by atoms with E-state index in [1.807, 2.05) is 0 Å². The lowest BCUT2D eigenvalue weighted by Gasteiger charge is -2.22. The lowest BCUT2D eigenvalue weighted by Crippen LogP contribution is -2.34. The normalized spacial score (nSPS) is 15.2. The summed E-state index contributed by atoms with van der Waals surface area (Å²) in [4.78, 5) is 0.200. The van der Waals surface area contributed by atoms with E-state index in [0.29, 0.717) is 23.0 Å². The smallest absolute Gasteiger partial charge is 0.244 e. The molecule has 4 nitrogen and oxygen atoms in total. The molecule has 1 fully saturated rings. The molecule has 0 spiro atoms. The van der Waals surface area contributed by atoms with Crippen molar-refractivity contribution in [3.63, 3.8) is 0 Å². The van der Waals surface area contributed by atoms with Gasteiger partial charge in [0.05, 0.1) is 11.4 Å². The third kappa shape index (κ3) is 3.58. The topological polar surface area (TPSA) is 63.4 Å². The molecule has 0 saturated heterocycles. The van der Waals surface area contributed by atoms with Gasteiger partial charge in [-0.15, -0.1) is 6.42 Å². The zero-order valence-electron chi connectivity index (χ0n) is 12.0. The molecule has 21 heavy (non-hydrogen) atoms. The quantitative estimate of drug-likeness (QED) is 0.815. The number of hydrogen-bond donors (Lipinski definition) is 1. The number of halogens is 1. The summed E-state index contributed by atoms with van der Waals surface area (Å²) in [6.07, 6.45) is 7.43. The first-order chi connectivity index (χ1) is 9.90. The average molecular weight is 327 g/mol. The van der Waals surface area contributed by atoms with E-state index in [1.54, 1.807) is 13.0 Å². The monoisotopic (exact) mass is 326 g/mol. The predicted molar refractivity (Wildman–Crippen MR) is 84.4 cm³/mol. The van der Waals surface area contributed by atoms with Gasteiger partial charge in [-0.25, -0.2) is 8.42 Å². The van der Waals surface area contributed by atoms with Gasteiger partial charge in [0.25, 0.3) is 0 Å². The van der Waals surface area contributed by atoms with Gasteiger partial charge in [-0.2, -0.15) is 4.31 Å². The van der Waals surface area contributed by atoms with Gasteiger partial charge in [-0.1, -0.05) is 17.5 Å². The molecule has 0 atom stereocenters. The molecule has 1 aromatic rings. The van der Waals surface area contributed by atoms with E-state index >= 15 is 0 Å². The highest BCUT2D eigenvalue weighted by Crippen LogP contribution is 2.33. The van der Waals surface area contributed by atoms with E-state index in [-0.39, 0.29) is 18.0 Å². The Morgan fingerprint density at radius 1 is 1.48 bits per heavy atom. The molecule has 0 aromatic heterocycles. The highest BCUT2D eigenvalue weighted by molar-refractivity contribution is 7.89. The molecule has 0 amide bonds. The number of nitrogens with two attached hydrogens (primary N) is 1. The van der Waals surface area contributed by atoms with Gasteiger partial charge in [0.15, 0.2) is 0 Å². The molecule has 2 rings (SSSR count). The molecule has 6 heteroatoms. The van der Waals surface area contributed by atoms with E-state index in [2.05, 4.69) is 5.92 Å².